The zero-order chi connectivity index (χ0) is 8.27. The molecule has 0 fully saturated rings. The zero-order valence-electron chi connectivity index (χ0n) is 6.50. The average Bonchev–Trinajstić information content (AvgIpc) is 2.04. The number of nitrogen functional groups attached to an aromatic ring is 1. The van der Waals surface area contributed by atoms with E-state index in [2.05, 4.69) is 0 Å². The van der Waals surface area contributed by atoms with Crippen LogP contribution < -0.4 is 5.73 Å². The lowest BCUT2D eigenvalue weighted by Gasteiger charge is -2.00. The van der Waals surface area contributed by atoms with Crippen LogP contribution in [0.25, 0.3) is 0 Å². The standard InChI is InChI=1S/C9H11NO/c1-2-9(11)7-5-3-4-6-8(7)10/h3-6H,2,10H2,1H3. The van der Waals surface area contributed by atoms with Crippen molar-refractivity contribution in [3.63, 3.8) is 0 Å². The van der Waals surface area contributed by atoms with Gasteiger partial charge in [0.25, 0.3) is 0 Å². The summed E-state index contributed by atoms with van der Waals surface area (Å²) in [7, 11) is 0. The fraction of sp³-hybridized carbons (Fsp3) is 0.222. The largest absolute Gasteiger partial charge is 0.398 e. The van der Waals surface area contributed by atoms with Crippen LogP contribution >= 0.6 is 0 Å². The molecule has 1 rings (SSSR count). The number of ketones is 1. The molecule has 0 saturated carbocycles. The Morgan fingerprint density at radius 1 is 1.45 bits per heavy atom. The molecule has 2 N–H and O–H groups in total. The Bertz CT molecular complexity index is 268. The third-order valence-electron chi connectivity index (χ3n) is 1.58. The number of carbonyl (C=O) groups is 1. The van der Waals surface area contributed by atoms with E-state index in [1.165, 1.54) is 0 Å². The highest BCUT2D eigenvalue weighted by molar-refractivity contribution is 6.00. The molecule has 0 aromatic heterocycles. The lowest BCUT2D eigenvalue weighted by atomic mass is 10.1. The molecule has 0 radical (unpaired) electrons. The number of nitrogens with two attached hydrogens (primary N) is 1. The van der Waals surface area contributed by atoms with E-state index in [4.69, 9.17) is 5.73 Å². The first-order valence-corrected chi connectivity index (χ1v) is 3.63. The summed E-state index contributed by atoms with van der Waals surface area (Å²) < 4.78 is 0. The van der Waals surface area contributed by atoms with Gasteiger partial charge in [0.2, 0.25) is 0 Å². The highest BCUT2D eigenvalue weighted by Crippen LogP contribution is 2.11. The third-order valence-corrected chi connectivity index (χ3v) is 1.58. The first-order valence-electron chi connectivity index (χ1n) is 3.63. The van der Waals surface area contributed by atoms with Gasteiger partial charge in [0.1, 0.15) is 0 Å². The summed E-state index contributed by atoms with van der Waals surface area (Å²) in [4.78, 5) is 11.2. The molecule has 0 bridgehead atoms. The number of Topliss-reactive ketones (excluding diaryl/α,β-unsaturated/α-hetero) is 1. The van der Waals surface area contributed by atoms with Gasteiger partial charge in [-0.2, -0.15) is 0 Å². The molecule has 0 aliphatic rings. The summed E-state index contributed by atoms with van der Waals surface area (Å²) in [5.41, 5.74) is 6.78. The molecule has 0 atom stereocenters. The average molecular weight is 149 g/mol. The molecule has 0 saturated heterocycles. The van der Waals surface area contributed by atoms with Crippen molar-refractivity contribution in [1.29, 1.82) is 0 Å². The van der Waals surface area contributed by atoms with Crippen LogP contribution in [0.15, 0.2) is 24.3 Å². The van der Waals surface area contributed by atoms with Gasteiger partial charge in [0, 0.05) is 17.7 Å². The first kappa shape index (κ1) is 7.79. The van der Waals surface area contributed by atoms with Gasteiger partial charge in [-0.05, 0) is 12.1 Å². The summed E-state index contributed by atoms with van der Waals surface area (Å²) in [5, 5.41) is 0. The van der Waals surface area contributed by atoms with Crippen LogP contribution in [0.4, 0.5) is 5.69 Å². The minimum Gasteiger partial charge on any atom is -0.398 e. The number of para-hydroxylation sites is 1. The van der Waals surface area contributed by atoms with Gasteiger partial charge in [-0.15, -0.1) is 0 Å². The van der Waals surface area contributed by atoms with Gasteiger partial charge >= 0.3 is 0 Å². The van der Waals surface area contributed by atoms with Crippen LogP contribution in [0, 0.1) is 0 Å². The smallest absolute Gasteiger partial charge is 0.164 e. The molecular formula is C9H11NO. The maximum absolute atomic E-state index is 11.2. The summed E-state index contributed by atoms with van der Waals surface area (Å²) in [6, 6.07) is 7.13. The normalized spacial score (nSPS) is 9.55. The van der Waals surface area contributed by atoms with E-state index < -0.39 is 0 Å². The van der Waals surface area contributed by atoms with Gasteiger partial charge in [0.05, 0.1) is 0 Å². The molecule has 0 aliphatic carbocycles. The van der Waals surface area contributed by atoms with E-state index in [9.17, 15) is 4.79 Å². The van der Waals surface area contributed by atoms with Crippen molar-refractivity contribution in [2.75, 3.05) is 5.73 Å². The molecule has 1 aromatic rings. The zero-order valence-corrected chi connectivity index (χ0v) is 6.50. The van der Waals surface area contributed by atoms with E-state index in [1.54, 1.807) is 12.1 Å². The summed E-state index contributed by atoms with van der Waals surface area (Å²) in [5.74, 6) is 0.100. The second-order valence-corrected chi connectivity index (χ2v) is 2.36. The number of carbonyl (C=O) groups excluding carboxylic acids is 1. The molecular weight excluding hydrogens is 138 g/mol. The van der Waals surface area contributed by atoms with Gasteiger partial charge < -0.3 is 5.73 Å². The maximum Gasteiger partial charge on any atom is 0.164 e. The Labute approximate surface area is 66.0 Å². The Morgan fingerprint density at radius 2 is 2.09 bits per heavy atom. The third kappa shape index (κ3) is 1.58. The Kier molecular flexibility index (Phi) is 2.26. The minimum absolute atomic E-state index is 0.100. The second-order valence-electron chi connectivity index (χ2n) is 2.36. The molecule has 0 aliphatic heterocycles. The highest BCUT2D eigenvalue weighted by Gasteiger charge is 2.04. The Balaban J connectivity index is 3.03. The Hall–Kier alpha value is -1.31. The summed E-state index contributed by atoms with van der Waals surface area (Å²) >= 11 is 0. The lowest BCUT2D eigenvalue weighted by molar-refractivity contribution is 0.0989. The van der Waals surface area contributed by atoms with Gasteiger partial charge in [0.15, 0.2) is 5.78 Å². The van der Waals surface area contributed by atoms with Crippen LogP contribution in [-0.2, 0) is 0 Å². The number of hydrogen-bond acceptors (Lipinski definition) is 2. The number of hydrogen-bond donors (Lipinski definition) is 1. The molecule has 11 heavy (non-hydrogen) atoms. The lowest BCUT2D eigenvalue weighted by Crippen LogP contribution is -2.01. The fourth-order valence-electron chi connectivity index (χ4n) is 0.941. The van der Waals surface area contributed by atoms with Crippen molar-refractivity contribution < 1.29 is 4.79 Å². The van der Waals surface area contributed by atoms with Crippen molar-refractivity contribution in [2.45, 2.75) is 13.3 Å². The predicted octanol–water partition coefficient (Wildman–Crippen LogP) is 1.86. The number of rotatable bonds is 2. The van der Waals surface area contributed by atoms with Crippen LogP contribution in [0.5, 0.6) is 0 Å². The Morgan fingerprint density at radius 3 is 2.64 bits per heavy atom. The van der Waals surface area contributed by atoms with Crippen molar-refractivity contribution >= 4 is 11.5 Å². The highest BCUT2D eigenvalue weighted by atomic mass is 16.1. The number of benzene rings is 1. The molecule has 0 spiro atoms. The SMILES string of the molecule is CCC(=O)c1ccccc1N. The van der Waals surface area contributed by atoms with Crippen LogP contribution in [0.3, 0.4) is 0 Å². The molecule has 0 amide bonds. The second kappa shape index (κ2) is 3.19. The van der Waals surface area contributed by atoms with Gasteiger partial charge in [-0.25, -0.2) is 0 Å². The fourth-order valence-corrected chi connectivity index (χ4v) is 0.941. The maximum atomic E-state index is 11.2. The predicted molar refractivity (Wildman–Crippen MR) is 45.5 cm³/mol. The summed E-state index contributed by atoms with van der Waals surface area (Å²) in [6.07, 6.45) is 0.508. The van der Waals surface area contributed by atoms with Crippen molar-refractivity contribution in [2.24, 2.45) is 0 Å². The molecule has 0 heterocycles. The van der Waals surface area contributed by atoms with Crippen molar-refractivity contribution in [1.82, 2.24) is 0 Å². The van der Waals surface area contributed by atoms with E-state index in [0.29, 0.717) is 17.7 Å². The van der Waals surface area contributed by atoms with Crippen molar-refractivity contribution in [3.05, 3.63) is 29.8 Å². The summed E-state index contributed by atoms with van der Waals surface area (Å²) in [6.45, 7) is 1.83. The molecule has 58 valence electrons. The molecule has 2 nitrogen and oxygen atoms in total. The monoisotopic (exact) mass is 149 g/mol. The minimum atomic E-state index is 0.100. The van der Waals surface area contributed by atoms with Gasteiger partial charge in [-0.1, -0.05) is 19.1 Å². The first-order chi connectivity index (χ1) is 5.25. The molecule has 1 aromatic carbocycles. The van der Waals surface area contributed by atoms with Crippen LogP contribution in [-0.4, -0.2) is 5.78 Å². The topological polar surface area (TPSA) is 43.1 Å². The van der Waals surface area contributed by atoms with Crippen molar-refractivity contribution in [3.8, 4) is 0 Å². The van der Waals surface area contributed by atoms with Crippen LogP contribution in [0.2, 0.25) is 0 Å². The molecule has 2 heteroatoms. The quantitative estimate of drug-likeness (QED) is 0.515. The van der Waals surface area contributed by atoms with Gasteiger partial charge in [-0.3, -0.25) is 4.79 Å². The molecule has 0 unspecified atom stereocenters. The van der Waals surface area contributed by atoms with Crippen LogP contribution in [0.1, 0.15) is 23.7 Å². The van der Waals surface area contributed by atoms with E-state index >= 15 is 0 Å². The van der Waals surface area contributed by atoms with E-state index in [1.807, 2.05) is 19.1 Å². The number of anilines is 1. The van der Waals surface area contributed by atoms with E-state index in [-0.39, 0.29) is 5.78 Å². The van der Waals surface area contributed by atoms with E-state index in [0.717, 1.165) is 0 Å².